The van der Waals surface area contributed by atoms with E-state index in [0.29, 0.717) is 5.69 Å². The molecule has 0 bridgehead atoms. The molecule has 1 aromatic carbocycles. The summed E-state index contributed by atoms with van der Waals surface area (Å²) in [5, 5.41) is 3.96. The molecule has 0 aromatic heterocycles. The van der Waals surface area contributed by atoms with Gasteiger partial charge in [-0.2, -0.15) is 0 Å². The second kappa shape index (κ2) is 4.85. The van der Waals surface area contributed by atoms with E-state index in [1.54, 1.807) is 17.8 Å². The van der Waals surface area contributed by atoms with Crippen LogP contribution in [0.2, 0.25) is 0 Å². The van der Waals surface area contributed by atoms with Gasteiger partial charge in [0.2, 0.25) is 0 Å². The molecule has 1 saturated carbocycles. The highest BCUT2D eigenvalue weighted by molar-refractivity contribution is 9.10. The average molecular weight is 329 g/mol. The van der Waals surface area contributed by atoms with E-state index in [1.165, 1.54) is 31.7 Å². The number of anilines is 1. The largest absolute Gasteiger partial charge is 0.333 e. The molecule has 96 valence electrons. The molecular weight excluding hydrogens is 315 g/mol. The molecule has 18 heavy (non-hydrogen) atoms. The minimum Gasteiger partial charge on any atom is -0.333 e. The van der Waals surface area contributed by atoms with Crippen LogP contribution in [0.15, 0.2) is 27.7 Å². The van der Waals surface area contributed by atoms with Crippen molar-refractivity contribution in [2.75, 3.05) is 11.1 Å². The van der Waals surface area contributed by atoms with Crippen molar-refractivity contribution >= 4 is 38.5 Å². The molecule has 1 fully saturated rings. The Bertz CT molecular complexity index is 498. The zero-order valence-electron chi connectivity index (χ0n) is 9.88. The summed E-state index contributed by atoms with van der Waals surface area (Å²) in [6, 6.07) is 5.03. The zero-order valence-corrected chi connectivity index (χ0v) is 12.3. The molecule has 0 unspecified atom stereocenters. The van der Waals surface area contributed by atoms with Gasteiger partial charge < -0.3 is 5.32 Å². The molecule has 2 aliphatic rings. The molecule has 3 rings (SSSR count). The maximum absolute atomic E-state index is 13.7. The van der Waals surface area contributed by atoms with Crippen LogP contribution in [0.1, 0.15) is 25.7 Å². The number of aliphatic imine (C=N–C) groups is 1. The molecule has 0 radical (unpaired) electrons. The summed E-state index contributed by atoms with van der Waals surface area (Å²) in [6.45, 7) is 0. The maximum Gasteiger partial charge on any atom is 0.161 e. The average Bonchev–Trinajstić information content (AvgIpc) is 2.94. The third-order valence-electron chi connectivity index (χ3n) is 3.52. The van der Waals surface area contributed by atoms with Crippen LogP contribution >= 0.6 is 27.7 Å². The summed E-state index contributed by atoms with van der Waals surface area (Å²) < 4.78 is 14.5. The highest BCUT2D eigenvalue weighted by atomic mass is 79.9. The number of halogens is 2. The van der Waals surface area contributed by atoms with E-state index in [2.05, 4.69) is 21.2 Å². The van der Waals surface area contributed by atoms with Crippen LogP contribution in [0, 0.1) is 5.82 Å². The monoisotopic (exact) mass is 328 g/mol. The Labute approximate surface area is 119 Å². The van der Waals surface area contributed by atoms with Crippen molar-refractivity contribution in [2.24, 2.45) is 4.99 Å². The molecule has 1 aromatic rings. The lowest BCUT2D eigenvalue weighted by Gasteiger charge is -2.16. The van der Waals surface area contributed by atoms with Crippen molar-refractivity contribution in [1.29, 1.82) is 0 Å². The van der Waals surface area contributed by atoms with Crippen molar-refractivity contribution in [3.63, 3.8) is 0 Å². The van der Waals surface area contributed by atoms with Crippen molar-refractivity contribution in [3.8, 4) is 0 Å². The van der Waals surface area contributed by atoms with Gasteiger partial charge in [0.25, 0.3) is 0 Å². The van der Waals surface area contributed by atoms with E-state index in [9.17, 15) is 4.39 Å². The maximum atomic E-state index is 13.7. The number of nitrogens with zero attached hydrogens (tertiary/aromatic N) is 1. The van der Waals surface area contributed by atoms with Gasteiger partial charge in [-0.15, -0.1) is 0 Å². The van der Waals surface area contributed by atoms with E-state index in [0.717, 1.165) is 15.4 Å². The number of hydrogen-bond donors (Lipinski definition) is 1. The predicted molar refractivity (Wildman–Crippen MR) is 78.8 cm³/mol. The molecule has 5 heteroatoms. The van der Waals surface area contributed by atoms with Crippen LogP contribution in [0.4, 0.5) is 10.1 Å². The van der Waals surface area contributed by atoms with Crippen LogP contribution in [0.25, 0.3) is 0 Å². The molecule has 0 atom stereocenters. The standard InChI is InChI=1S/C13H14BrFN2S/c14-9-3-4-11(10(15)7-9)16-12-17-13(8-18-12)5-1-2-6-13/h3-4,7H,1-2,5-6,8H2,(H,16,17). The SMILES string of the molecule is Fc1cc(Br)ccc1NC1=NC2(CCCC2)CS1. The van der Waals surface area contributed by atoms with Crippen molar-refractivity contribution in [2.45, 2.75) is 31.2 Å². The number of hydrogen-bond acceptors (Lipinski definition) is 3. The highest BCUT2D eigenvalue weighted by Crippen LogP contribution is 2.41. The number of rotatable bonds is 1. The third kappa shape index (κ3) is 2.43. The molecule has 1 aliphatic carbocycles. The third-order valence-corrected chi connectivity index (χ3v) is 5.17. The van der Waals surface area contributed by atoms with Gasteiger partial charge in [-0.3, -0.25) is 4.99 Å². The van der Waals surface area contributed by atoms with Gasteiger partial charge in [0.05, 0.1) is 11.2 Å². The fraction of sp³-hybridized carbons (Fsp3) is 0.462. The Hall–Kier alpha value is -0.550. The first-order chi connectivity index (χ1) is 8.67. The summed E-state index contributed by atoms with van der Waals surface area (Å²) in [4.78, 5) is 4.77. The van der Waals surface area contributed by atoms with Crippen LogP contribution in [-0.4, -0.2) is 16.5 Å². The Morgan fingerprint density at radius 2 is 2.11 bits per heavy atom. The summed E-state index contributed by atoms with van der Waals surface area (Å²) in [7, 11) is 0. The Kier molecular flexibility index (Phi) is 3.36. The lowest BCUT2D eigenvalue weighted by Crippen LogP contribution is -2.21. The van der Waals surface area contributed by atoms with Gasteiger partial charge in [-0.25, -0.2) is 4.39 Å². The van der Waals surface area contributed by atoms with Crippen LogP contribution in [0.3, 0.4) is 0 Å². The van der Waals surface area contributed by atoms with Gasteiger partial charge in [-0.1, -0.05) is 40.5 Å². The van der Waals surface area contributed by atoms with E-state index in [1.807, 2.05) is 6.07 Å². The normalized spacial score (nSPS) is 21.3. The van der Waals surface area contributed by atoms with Crippen LogP contribution < -0.4 is 5.32 Å². The van der Waals surface area contributed by atoms with Crippen LogP contribution in [-0.2, 0) is 0 Å². The zero-order chi connectivity index (χ0) is 12.6. The second-order valence-corrected chi connectivity index (χ2v) is 6.77. The molecule has 2 nitrogen and oxygen atoms in total. The van der Waals surface area contributed by atoms with Gasteiger partial charge in [0.1, 0.15) is 5.82 Å². The number of amidine groups is 1. The molecular formula is C13H14BrFN2S. The minimum absolute atomic E-state index is 0.138. The lowest BCUT2D eigenvalue weighted by atomic mass is 10.0. The first-order valence-electron chi connectivity index (χ1n) is 6.12. The Morgan fingerprint density at radius 1 is 1.33 bits per heavy atom. The van der Waals surface area contributed by atoms with E-state index < -0.39 is 0 Å². The molecule has 1 aliphatic heterocycles. The predicted octanol–water partition coefficient (Wildman–Crippen LogP) is 4.42. The Morgan fingerprint density at radius 3 is 2.83 bits per heavy atom. The minimum atomic E-state index is -0.250. The molecule has 1 heterocycles. The summed E-state index contributed by atoms with van der Waals surface area (Å²) >= 11 is 4.96. The Balaban J connectivity index is 1.77. The highest BCUT2D eigenvalue weighted by Gasteiger charge is 2.38. The van der Waals surface area contributed by atoms with Crippen LogP contribution in [0.5, 0.6) is 0 Å². The second-order valence-electron chi connectivity index (χ2n) is 4.89. The van der Waals surface area contributed by atoms with Gasteiger partial charge in [0, 0.05) is 10.2 Å². The lowest BCUT2D eigenvalue weighted by molar-refractivity contribution is 0.508. The number of nitrogens with one attached hydrogen (secondary N) is 1. The topological polar surface area (TPSA) is 24.4 Å². The van der Waals surface area contributed by atoms with Gasteiger partial charge in [0.15, 0.2) is 5.17 Å². The first-order valence-corrected chi connectivity index (χ1v) is 7.90. The van der Waals surface area contributed by atoms with Crippen molar-refractivity contribution in [3.05, 3.63) is 28.5 Å². The summed E-state index contributed by atoms with van der Waals surface area (Å²) in [5.74, 6) is 0.785. The fourth-order valence-corrected chi connectivity index (χ4v) is 4.07. The van der Waals surface area contributed by atoms with E-state index >= 15 is 0 Å². The molecule has 1 N–H and O–H groups in total. The van der Waals surface area contributed by atoms with E-state index in [-0.39, 0.29) is 11.4 Å². The quantitative estimate of drug-likeness (QED) is 0.825. The number of benzene rings is 1. The smallest absolute Gasteiger partial charge is 0.161 e. The van der Waals surface area contributed by atoms with Crippen molar-refractivity contribution < 1.29 is 4.39 Å². The molecule has 0 amide bonds. The van der Waals surface area contributed by atoms with Gasteiger partial charge in [-0.05, 0) is 31.0 Å². The molecule has 0 saturated heterocycles. The summed E-state index contributed by atoms with van der Waals surface area (Å²) in [6.07, 6.45) is 4.88. The number of thioether (sulfide) groups is 1. The van der Waals surface area contributed by atoms with E-state index in [4.69, 9.17) is 4.99 Å². The fourth-order valence-electron chi connectivity index (χ4n) is 2.54. The first kappa shape index (κ1) is 12.5. The van der Waals surface area contributed by atoms with Gasteiger partial charge >= 0.3 is 0 Å². The van der Waals surface area contributed by atoms with Crippen molar-refractivity contribution in [1.82, 2.24) is 0 Å². The molecule has 1 spiro atoms. The summed E-state index contributed by atoms with van der Waals surface area (Å²) in [5.41, 5.74) is 0.637.